The van der Waals surface area contributed by atoms with Gasteiger partial charge in [0.15, 0.2) is 0 Å². The molecular formula is C10H19O. The Kier molecular flexibility index (Phi) is 6.24. The van der Waals surface area contributed by atoms with E-state index in [4.69, 9.17) is 0 Å². The molecule has 0 rings (SSSR count). The lowest BCUT2D eigenvalue weighted by Crippen LogP contribution is -2.16. The van der Waals surface area contributed by atoms with Gasteiger partial charge < -0.3 is 5.11 Å². The molecule has 0 aromatic carbocycles. The predicted octanol–water partition coefficient (Wildman–Crippen LogP) is 2.56. The minimum Gasteiger partial charge on any atom is -0.393 e. The third-order valence-electron chi connectivity index (χ3n) is 1.92. The number of allylic oxidation sites excluding steroid dienone is 1. The SMILES string of the molecule is [CH2]C=CC(CCC)C(O)CC. The summed E-state index contributed by atoms with van der Waals surface area (Å²) in [5, 5.41) is 9.50. The second-order valence-corrected chi connectivity index (χ2v) is 2.86. The van der Waals surface area contributed by atoms with Gasteiger partial charge in [-0.15, -0.1) is 0 Å². The molecule has 0 saturated heterocycles. The standard InChI is InChI=1S/C10H19O/c1-4-7-9(8-5-2)10(11)6-3/h4,7,9-11H,1,5-6,8H2,2-3H3. The highest BCUT2D eigenvalue weighted by Crippen LogP contribution is 2.15. The molecule has 0 saturated carbocycles. The lowest BCUT2D eigenvalue weighted by molar-refractivity contribution is 0.121. The Morgan fingerprint density at radius 2 is 2.09 bits per heavy atom. The molecule has 1 N–H and O–H groups in total. The molecule has 0 aliphatic heterocycles. The molecule has 11 heavy (non-hydrogen) atoms. The van der Waals surface area contributed by atoms with E-state index in [9.17, 15) is 5.11 Å². The van der Waals surface area contributed by atoms with Gasteiger partial charge in [-0.2, -0.15) is 0 Å². The van der Waals surface area contributed by atoms with Crippen LogP contribution >= 0.6 is 0 Å². The minimum absolute atomic E-state index is 0.187. The van der Waals surface area contributed by atoms with Crippen LogP contribution in [0.1, 0.15) is 33.1 Å². The molecule has 65 valence electrons. The fourth-order valence-electron chi connectivity index (χ4n) is 1.23. The Labute approximate surface area is 70.1 Å². The highest BCUT2D eigenvalue weighted by atomic mass is 16.3. The molecule has 2 unspecified atom stereocenters. The van der Waals surface area contributed by atoms with Crippen LogP contribution in [0.5, 0.6) is 0 Å². The van der Waals surface area contributed by atoms with Gasteiger partial charge in [-0.3, -0.25) is 0 Å². The van der Waals surface area contributed by atoms with Gasteiger partial charge >= 0.3 is 0 Å². The summed E-state index contributed by atoms with van der Waals surface area (Å²) < 4.78 is 0. The van der Waals surface area contributed by atoms with E-state index in [-0.39, 0.29) is 6.10 Å². The summed E-state index contributed by atoms with van der Waals surface area (Å²) in [6.07, 6.45) is 6.59. The van der Waals surface area contributed by atoms with Crippen LogP contribution in [0.4, 0.5) is 0 Å². The Morgan fingerprint density at radius 1 is 1.45 bits per heavy atom. The third-order valence-corrected chi connectivity index (χ3v) is 1.92. The van der Waals surface area contributed by atoms with Crippen LogP contribution in [-0.2, 0) is 0 Å². The normalized spacial score (nSPS) is 17.1. The van der Waals surface area contributed by atoms with Crippen molar-refractivity contribution in [2.45, 2.75) is 39.2 Å². The summed E-state index contributed by atoms with van der Waals surface area (Å²) in [4.78, 5) is 0. The number of aliphatic hydroxyl groups excluding tert-OH is 1. The summed E-state index contributed by atoms with van der Waals surface area (Å²) in [5.74, 6) is 0.308. The predicted molar refractivity (Wildman–Crippen MR) is 49.2 cm³/mol. The van der Waals surface area contributed by atoms with Gasteiger partial charge in [0, 0.05) is 5.92 Å². The third kappa shape index (κ3) is 4.20. The van der Waals surface area contributed by atoms with Crippen LogP contribution in [0.15, 0.2) is 12.2 Å². The summed E-state index contributed by atoms with van der Waals surface area (Å²) in [5.41, 5.74) is 0. The molecule has 1 nitrogen and oxygen atoms in total. The highest BCUT2D eigenvalue weighted by Gasteiger charge is 2.12. The van der Waals surface area contributed by atoms with Crippen molar-refractivity contribution in [1.29, 1.82) is 0 Å². The van der Waals surface area contributed by atoms with Gasteiger partial charge in [-0.1, -0.05) is 32.4 Å². The molecule has 1 heteroatoms. The first-order chi connectivity index (χ1) is 5.26. The van der Waals surface area contributed by atoms with E-state index in [1.807, 2.05) is 13.0 Å². The van der Waals surface area contributed by atoms with Gasteiger partial charge in [0.25, 0.3) is 0 Å². The topological polar surface area (TPSA) is 20.2 Å². The summed E-state index contributed by atoms with van der Waals surface area (Å²) in [7, 11) is 0. The molecule has 0 amide bonds. The van der Waals surface area contributed by atoms with Crippen molar-refractivity contribution in [2.75, 3.05) is 0 Å². The Hall–Kier alpha value is -0.300. The monoisotopic (exact) mass is 155 g/mol. The van der Waals surface area contributed by atoms with Gasteiger partial charge in [-0.05, 0) is 19.8 Å². The summed E-state index contributed by atoms with van der Waals surface area (Å²) in [6, 6.07) is 0. The van der Waals surface area contributed by atoms with Crippen LogP contribution in [0.25, 0.3) is 0 Å². The van der Waals surface area contributed by atoms with E-state index in [0.717, 1.165) is 19.3 Å². The van der Waals surface area contributed by atoms with Crippen LogP contribution < -0.4 is 0 Å². The Bertz CT molecular complexity index is 107. The van der Waals surface area contributed by atoms with E-state index in [2.05, 4.69) is 13.8 Å². The van der Waals surface area contributed by atoms with E-state index >= 15 is 0 Å². The van der Waals surface area contributed by atoms with Crippen LogP contribution in [0, 0.1) is 12.8 Å². The average molecular weight is 155 g/mol. The first-order valence-corrected chi connectivity index (χ1v) is 4.40. The zero-order valence-corrected chi connectivity index (χ0v) is 7.59. The average Bonchev–Trinajstić information content (AvgIpc) is 2.03. The Morgan fingerprint density at radius 3 is 2.45 bits per heavy atom. The van der Waals surface area contributed by atoms with E-state index in [1.165, 1.54) is 0 Å². The van der Waals surface area contributed by atoms with Crippen molar-refractivity contribution in [1.82, 2.24) is 0 Å². The lowest BCUT2D eigenvalue weighted by atomic mass is 9.95. The molecule has 0 aromatic rings. The van der Waals surface area contributed by atoms with Crippen LogP contribution in [0.3, 0.4) is 0 Å². The highest BCUT2D eigenvalue weighted by molar-refractivity contribution is 4.92. The van der Waals surface area contributed by atoms with Crippen molar-refractivity contribution >= 4 is 0 Å². The quantitative estimate of drug-likeness (QED) is 0.647. The van der Waals surface area contributed by atoms with Crippen LogP contribution in [-0.4, -0.2) is 11.2 Å². The van der Waals surface area contributed by atoms with Gasteiger partial charge in [0.05, 0.1) is 6.10 Å². The number of hydrogen-bond acceptors (Lipinski definition) is 1. The first kappa shape index (κ1) is 10.7. The van der Waals surface area contributed by atoms with E-state index in [1.54, 1.807) is 6.08 Å². The zero-order chi connectivity index (χ0) is 8.69. The molecule has 0 heterocycles. The van der Waals surface area contributed by atoms with E-state index < -0.39 is 0 Å². The molecule has 0 spiro atoms. The zero-order valence-electron chi connectivity index (χ0n) is 7.59. The van der Waals surface area contributed by atoms with Crippen LogP contribution in [0.2, 0.25) is 0 Å². The van der Waals surface area contributed by atoms with Crippen molar-refractivity contribution in [3.8, 4) is 0 Å². The van der Waals surface area contributed by atoms with Crippen molar-refractivity contribution < 1.29 is 5.11 Å². The van der Waals surface area contributed by atoms with Gasteiger partial charge in [-0.25, -0.2) is 0 Å². The molecular weight excluding hydrogens is 136 g/mol. The number of aliphatic hydroxyl groups is 1. The largest absolute Gasteiger partial charge is 0.393 e. The maximum absolute atomic E-state index is 9.50. The molecule has 0 bridgehead atoms. The van der Waals surface area contributed by atoms with Gasteiger partial charge in [0.2, 0.25) is 0 Å². The smallest absolute Gasteiger partial charge is 0.0600 e. The molecule has 0 aliphatic carbocycles. The summed E-state index contributed by atoms with van der Waals surface area (Å²) >= 11 is 0. The molecule has 0 fully saturated rings. The molecule has 0 aliphatic rings. The van der Waals surface area contributed by atoms with E-state index in [0.29, 0.717) is 5.92 Å². The second kappa shape index (κ2) is 6.41. The maximum atomic E-state index is 9.50. The molecule has 1 radical (unpaired) electrons. The minimum atomic E-state index is -0.187. The lowest BCUT2D eigenvalue weighted by Gasteiger charge is -2.17. The number of rotatable bonds is 5. The van der Waals surface area contributed by atoms with Crippen molar-refractivity contribution in [3.63, 3.8) is 0 Å². The maximum Gasteiger partial charge on any atom is 0.0600 e. The Balaban J connectivity index is 3.86. The molecule has 0 aromatic heterocycles. The fraction of sp³-hybridized carbons (Fsp3) is 0.700. The van der Waals surface area contributed by atoms with Gasteiger partial charge in [0.1, 0.15) is 0 Å². The van der Waals surface area contributed by atoms with Crippen molar-refractivity contribution in [2.24, 2.45) is 5.92 Å². The molecule has 2 atom stereocenters. The van der Waals surface area contributed by atoms with Crippen molar-refractivity contribution in [3.05, 3.63) is 19.1 Å². The number of hydrogen-bond donors (Lipinski definition) is 1. The summed E-state index contributed by atoms with van der Waals surface area (Å²) in [6.45, 7) is 7.77. The fourth-order valence-corrected chi connectivity index (χ4v) is 1.23. The second-order valence-electron chi connectivity index (χ2n) is 2.86. The first-order valence-electron chi connectivity index (χ1n) is 4.40.